The van der Waals surface area contributed by atoms with Gasteiger partial charge in [0.1, 0.15) is 4.47 Å². The SMILES string of the molecule is CC1(CNC(=O)c2cccc([N+](=O)[O-])c2Br)CC1. The van der Waals surface area contributed by atoms with Crippen molar-refractivity contribution in [1.29, 1.82) is 0 Å². The van der Waals surface area contributed by atoms with Gasteiger partial charge in [-0.2, -0.15) is 0 Å². The zero-order chi connectivity index (χ0) is 13.3. The van der Waals surface area contributed by atoms with E-state index >= 15 is 0 Å². The Morgan fingerprint density at radius 2 is 2.22 bits per heavy atom. The average molecular weight is 313 g/mol. The van der Waals surface area contributed by atoms with Crippen LogP contribution in [0.25, 0.3) is 0 Å². The third-order valence-corrected chi connectivity index (χ3v) is 4.03. The second-order valence-electron chi connectivity index (χ2n) is 4.89. The molecule has 6 heteroatoms. The van der Waals surface area contributed by atoms with Crippen LogP contribution in [0.1, 0.15) is 30.1 Å². The summed E-state index contributed by atoms with van der Waals surface area (Å²) in [6.45, 7) is 2.72. The Hall–Kier alpha value is -1.43. The largest absolute Gasteiger partial charge is 0.351 e. The Bertz CT molecular complexity index is 512. The zero-order valence-electron chi connectivity index (χ0n) is 9.90. The van der Waals surface area contributed by atoms with Gasteiger partial charge in [-0.25, -0.2) is 0 Å². The predicted molar refractivity (Wildman–Crippen MR) is 70.5 cm³/mol. The van der Waals surface area contributed by atoms with E-state index in [1.54, 1.807) is 6.07 Å². The quantitative estimate of drug-likeness (QED) is 0.686. The van der Waals surface area contributed by atoms with Crippen LogP contribution in [0.4, 0.5) is 5.69 Å². The summed E-state index contributed by atoms with van der Waals surface area (Å²) >= 11 is 3.12. The van der Waals surface area contributed by atoms with Crippen LogP contribution in [0.5, 0.6) is 0 Å². The van der Waals surface area contributed by atoms with E-state index in [1.807, 2.05) is 0 Å². The van der Waals surface area contributed by atoms with Crippen molar-refractivity contribution in [2.24, 2.45) is 5.41 Å². The van der Waals surface area contributed by atoms with E-state index in [2.05, 4.69) is 28.2 Å². The third-order valence-electron chi connectivity index (χ3n) is 3.20. The van der Waals surface area contributed by atoms with Crippen LogP contribution in [0.3, 0.4) is 0 Å². The van der Waals surface area contributed by atoms with E-state index in [1.165, 1.54) is 12.1 Å². The Morgan fingerprint density at radius 3 is 2.78 bits per heavy atom. The number of amides is 1. The minimum atomic E-state index is -0.511. The van der Waals surface area contributed by atoms with Gasteiger partial charge in [0, 0.05) is 12.6 Å². The first-order valence-electron chi connectivity index (χ1n) is 5.64. The highest BCUT2D eigenvalue weighted by molar-refractivity contribution is 9.10. The standard InChI is InChI=1S/C12H13BrN2O3/c1-12(5-6-12)7-14-11(16)8-3-2-4-9(10(8)13)15(17)18/h2-4H,5-7H2,1H3,(H,14,16). The number of benzene rings is 1. The molecule has 0 radical (unpaired) electrons. The van der Waals surface area contributed by atoms with Crippen LogP contribution in [0.2, 0.25) is 0 Å². The van der Waals surface area contributed by atoms with Gasteiger partial charge < -0.3 is 5.32 Å². The van der Waals surface area contributed by atoms with Crippen molar-refractivity contribution in [3.8, 4) is 0 Å². The maximum absolute atomic E-state index is 12.0. The fourth-order valence-corrected chi connectivity index (χ4v) is 2.20. The van der Waals surface area contributed by atoms with Gasteiger partial charge in [-0.15, -0.1) is 0 Å². The summed E-state index contributed by atoms with van der Waals surface area (Å²) in [5, 5.41) is 13.6. The molecule has 1 N–H and O–H groups in total. The Kier molecular flexibility index (Phi) is 3.38. The number of rotatable bonds is 4. The number of nitrogens with one attached hydrogen (secondary N) is 1. The molecule has 0 unspecified atom stereocenters. The molecule has 1 aliphatic carbocycles. The van der Waals surface area contributed by atoms with Crippen molar-refractivity contribution in [2.45, 2.75) is 19.8 Å². The topological polar surface area (TPSA) is 72.2 Å². The Balaban J connectivity index is 2.14. The molecule has 0 spiro atoms. The molecule has 2 rings (SSSR count). The molecule has 18 heavy (non-hydrogen) atoms. The number of hydrogen-bond donors (Lipinski definition) is 1. The van der Waals surface area contributed by atoms with Gasteiger partial charge in [0.05, 0.1) is 10.5 Å². The summed E-state index contributed by atoms with van der Waals surface area (Å²) in [7, 11) is 0. The first-order chi connectivity index (χ1) is 8.43. The van der Waals surface area contributed by atoms with Crippen molar-refractivity contribution in [1.82, 2.24) is 5.32 Å². The lowest BCUT2D eigenvalue weighted by molar-refractivity contribution is -0.385. The van der Waals surface area contributed by atoms with Gasteiger partial charge in [-0.3, -0.25) is 14.9 Å². The summed E-state index contributed by atoms with van der Waals surface area (Å²) in [5.41, 5.74) is 0.414. The van der Waals surface area contributed by atoms with Gasteiger partial charge in [0.15, 0.2) is 0 Å². The maximum Gasteiger partial charge on any atom is 0.284 e. The van der Waals surface area contributed by atoms with E-state index in [0.717, 1.165) is 12.8 Å². The van der Waals surface area contributed by atoms with E-state index in [0.29, 0.717) is 12.1 Å². The van der Waals surface area contributed by atoms with Crippen LogP contribution in [0.15, 0.2) is 22.7 Å². The van der Waals surface area contributed by atoms with Crippen LogP contribution < -0.4 is 5.32 Å². The number of nitro groups is 1. The highest BCUT2D eigenvalue weighted by atomic mass is 79.9. The molecular formula is C12H13BrN2O3. The van der Waals surface area contributed by atoms with Crippen molar-refractivity contribution in [3.05, 3.63) is 38.3 Å². The predicted octanol–water partition coefficient (Wildman–Crippen LogP) is 2.89. The van der Waals surface area contributed by atoms with Crippen molar-refractivity contribution >= 4 is 27.5 Å². The summed E-state index contributed by atoms with van der Waals surface area (Å²) < 4.78 is 0.230. The van der Waals surface area contributed by atoms with Gasteiger partial charge in [0.25, 0.3) is 11.6 Å². The molecule has 1 fully saturated rings. The van der Waals surface area contributed by atoms with E-state index < -0.39 is 4.92 Å². The average Bonchev–Trinajstić information content (AvgIpc) is 3.05. The van der Waals surface area contributed by atoms with Crippen molar-refractivity contribution < 1.29 is 9.72 Å². The van der Waals surface area contributed by atoms with Gasteiger partial charge in [0.2, 0.25) is 0 Å². The molecule has 1 amide bonds. The molecule has 1 aliphatic rings. The molecule has 5 nitrogen and oxygen atoms in total. The molecule has 0 bridgehead atoms. The van der Waals surface area contributed by atoms with Crippen molar-refractivity contribution in [3.63, 3.8) is 0 Å². The van der Waals surface area contributed by atoms with Gasteiger partial charge in [-0.05, 0) is 40.3 Å². The van der Waals surface area contributed by atoms with Crippen molar-refractivity contribution in [2.75, 3.05) is 6.54 Å². The molecule has 0 saturated heterocycles. The second-order valence-corrected chi connectivity index (χ2v) is 5.68. The van der Waals surface area contributed by atoms with Crippen LogP contribution in [-0.2, 0) is 0 Å². The fraction of sp³-hybridized carbons (Fsp3) is 0.417. The Morgan fingerprint density at radius 1 is 1.56 bits per heavy atom. The molecule has 0 aliphatic heterocycles. The summed E-state index contributed by atoms with van der Waals surface area (Å²) in [5.74, 6) is -0.279. The number of carbonyl (C=O) groups is 1. The lowest BCUT2D eigenvalue weighted by Gasteiger charge is -2.10. The minimum absolute atomic E-state index is 0.0970. The Labute approximate surface area is 113 Å². The van der Waals surface area contributed by atoms with Crippen LogP contribution in [-0.4, -0.2) is 17.4 Å². The lowest BCUT2D eigenvalue weighted by Crippen LogP contribution is -2.29. The first-order valence-corrected chi connectivity index (χ1v) is 6.43. The summed E-state index contributed by atoms with van der Waals surface area (Å²) in [6, 6.07) is 4.45. The molecule has 96 valence electrons. The van der Waals surface area contributed by atoms with Gasteiger partial charge >= 0.3 is 0 Å². The third kappa shape index (κ3) is 2.69. The highest BCUT2D eigenvalue weighted by Crippen LogP contribution is 2.44. The number of nitrogens with zero attached hydrogens (tertiary/aromatic N) is 1. The number of halogens is 1. The molecule has 1 saturated carbocycles. The molecule has 0 atom stereocenters. The van der Waals surface area contributed by atoms with Crippen LogP contribution in [0, 0.1) is 15.5 Å². The first kappa shape index (κ1) is 13.0. The highest BCUT2D eigenvalue weighted by Gasteiger charge is 2.37. The van der Waals surface area contributed by atoms with E-state index in [-0.39, 0.29) is 21.5 Å². The monoisotopic (exact) mass is 312 g/mol. The minimum Gasteiger partial charge on any atom is -0.351 e. The normalized spacial score (nSPS) is 16.1. The number of carbonyl (C=O) groups excluding carboxylic acids is 1. The molecular weight excluding hydrogens is 300 g/mol. The lowest BCUT2D eigenvalue weighted by atomic mass is 10.1. The summed E-state index contributed by atoms with van der Waals surface area (Å²) in [6.07, 6.45) is 2.23. The molecule has 1 aromatic rings. The fourth-order valence-electron chi connectivity index (χ4n) is 1.62. The van der Waals surface area contributed by atoms with Gasteiger partial charge in [-0.1, -0.05) is 13.0 Å². The van der Waals surface area contributed by atoms with Crippen LogP contribution >= 0.6 is 15.9 Å². The molecule has 0 aromatic heterocycles. The number of hydrogen-bond acceptors (Lipinski definition) is 3. The summed E-state index contributed by atoms with van der Waals surface area (Å²) in [4.78, 5) is 22.2. The van der Waals surface area contributed by atoms with E-state index in [4.69, 9.17) is 0 Å². The van der Waals surface area contributed by atoms with E-state index in [9.17, 15) is 14.9 Å². The molecule has 1 aromatic carbocycles. The number of nitro benzene ring substituents is 1. The maximum atomic E-state index is 12.0. The zero-order valence-corrected chi connectivity index (χ0v) is 11.5. The molecule has 0 heterocycles. The smallest absolute Gasteiger partial charge is 0.284 e. The second kappa shape index (κ2) is 4.68.